The molecule has 122 valence electrons. The van der Waals surface area contributed by atoms with Crippen LogP contribution in [0.1, 0.15) is 18.4 Å². The summed E-state index contributed by atoms with van der Waals surface area (Å²) in [5.41, 5.74) is -5.13. The normalized spacial score (nSPS) is 21.9. The Kier molecular flexibility index (Phi) is 3.72. The van der Waals surface area contributed by atoms with Gasteiger partial charge in [-0.05, 0) is 31.4 Å². The molecule has 1 aliphatic carbocycles. The van der Waals surface area contributed by atoms with Gasteiger partial charge in [0.05, 0.1) is 0 Å². The summed E-state index contributed by atoms with van der Waals surface area (Å²) in [6.45, 7) is 0.388. The third kappa shape index (κ3) is 3.14. The molecule has 1 aromatic carbocycles. The van der Waals surface area contributed by atoms with E-state index < -0.39 is 15.6 Å². The number of ether oxygens (including phenoxy) is 1. The van der Waals surface area contributed by atoms with Crippen molar-refractivity contribution in [2.75, 3.05) is 6.61 Å². The van der Waals surface area contributed by atoms with E-state index in [-0.39, 0.29) is 11.8 Å². The zero-order valence-electron chi connectivity index (χ0n) is 11.4. The quantitative estimate of drug-likeness (QED) is 0.672. The summed E-state index contributed by atoms with van der Waals surface area (Å²) in [6, 6.07) is 4.51. The minimum atomic E-state index is -5.69. The van der Waals surface area contributed by atoms with Crippen molar-refractivity contribution in [3.63, 3.8) is 0 Å². The van der Waals surface area contributed by atoms with Gasteiger partial charge in [0.1, 0.15) is 18.1 Å². The van der Waals surface area contributed by atoms with Crippen molar-refractivity contribution >= 4 is 10.1 Å². The van der Waals surface area contributed by atoms with Gasteiger partial charge in [-0.25, -0.2) is 0 Å². The second kappa shape index (κ2) is 5.31. The van der Waals surface area contributed by atoms with Crippen LogP contribution in [-0.4, -0.2) is 32.6 Å². The number of nitrogens with one attached hydrogen (secondary N) is 1. The van der Waals surface area contributed by atoms with Gasteiger partial charge < -0.3 is 14.2 Å². The topological polar surface area (TPSA) is 64.6 Å². The number of halogens is 3. The molecule has 1 heterocycles. The number of rotatable bonds is 4. The fourth-order valence-electron chi connectivity index (χ4n) is 2.31. The van der Waals surface area contributed by atoms with E-state index in [1.54, 1.807) is 6.07 Å². The average molecular weight is 337 g/mol. The lowest BCUT2D eigenvalue weighted by Crippen LogP contribution is -2.40. The molecule has 3 rings (SSSR count). The Balaban J connectivity index is 1.84. The van der Waals surface area contributed by atoms with Crippen LogP contribution in [0.2, 0.25) is 0 Å². The van der Waals surface area contributed by atoms with E-state index in [0.29, 0.717) is 30.4 Å². The lowest BCUT2D eigenvalue weighted by molar-refractivity contribution is -0.0500. The van der Waals surface area contributed by atoms with Crippen LogP contribution in [0.5, 0.6) is 11.5 Å². The first-order chi connectivity index (χ1) is 10.3. The van der Waals surface area contributed by atoms with Crippen molar-refractivity contribution in [2.24, 2.45) is 0 Å². The SMILES string of the molecule is O=S(=O)(Oc1cccc2c1CC(NC1CC1)CO2)C(F)(F)F. The van der Waals surface area contributed by atoms with Gasteiger partial charge in [-0.3, -0.25) is 0 Å². The minimum absolute atomic E-state index is 0.0710. The standard InChI is InChI=1S/C13H14F3NO4S/c14-13(15,16)22(18,19)21-12-3-1-2-11-10(12)6-9(7-20-11)17-8-4-5-8/h1-3,8-9,17H,4-7H2. The van der Waals surface area contributed by atoms with Crippen LogP contribution >= 0.6 is 0 Å². The van der Waals surface area contributed by atoms with Crippen LogP contribution in [0.25, 0.3) is 0 Å². The predicted molar refractivity (Wildman–Crippen MR) is 71.2 cm³/mol. The smallest absolute Gasteiger partial charge is 0.492 e. The lowest BCUT2D eigenvalue weighted by Gasteiger charge is -2.27. The van der Waals surface area contributed by atoms with Crippen molar-refractivity contribution < 1.29 is 30.5 Å². The van der Waals surface area contributed by atoms with Crippen molar-refractivity contribution in [1.82, 2.24) is 5.32 Å². The summed E-state index contributed by atoms with van der Waals surface area (Å²) in [7, 11) is -5.69. The Morgan fingerprint density at radius 2 is 1.95 bits per heavy atom. The van der Waals surface area contributed by atoms with E-state index in [0.717, 1.165) is 12.8 Å². The molecule has 1 aliphatic heterocycles. The van der Waals surface area contributed by atoms with Gasteiger partial charge in [0.2, 0.25) is 0 Å². The number of fused-ring (bicyclic) bond motifs is 1. The number of hydrogen-bond acceptors (Lipinski definition) is 5. The van der Waals surface area contributed by atoms with Crippen LogP contribution in [0.15, 0.2) is 18.2 Å². The Bertz CT molecular complexity index is 670. The third-order valence-corrected chi connectivity index (χ3v) is 4.48. The van der Waals surface area contributed by atoms with E-state index in [1.807, 2.05) is 0 Å². The summed E-state index contributed by atoms with van der Waals surface area (Å²) < 4.78 is 69.5. The Morgan fingerprint density at radius 1 is 1.23 bits per heavy atom. The molecule has 5 nitrogen and oxygen atoms in total. The number of benzene rings is 1. The lowest BCUT2D eigenvalue weighted by atomic mass is 10.0. The van der Waals surface area contributed by atoms with Gasteiger partial charge in [-0.15, -0.1) is 0 Å². The number of hydrogen-bond donors (Lipinski definition) is 1. The second-order valence-corrected chi connectivity index (χ2v) is 6.91. The summed E-state index contributed by atoms with van der Waals surface area (Å²) in [5.74, 6) is 0.0147. The van der Waals surface area contributed by atoms with E-state index in [1.165, 1.54) is 12.1 Å². The van der Waals surface area contributed by atoms with Crippen LogP contribution in [0.3, 0.4) is 0 Å². The highest BCUT2D eigenvalue weighted by atomic mass is 32.2. The Morgan fingerprint density at radius 3 is 2.59 bits per heavy atom. The fraction of sp³-hybridized carbons (Fsp3) is 0.538. The zero-order chi connectivity index (χ0) is 16.0. The predicted octanol–water partition coefficient (Wildman–Crippen LogP) is 1.97. The highest BCUT2D eigenvalue weighted by molar-refractivity contribution is 7.88. The molecule has 0 radical (unpaired) electrons. The molecule has 1 aromatic rings. The molecule has 1 atom stereocenters. The minimum Gasteiger partial charge on any atom is -0.492 e. The Labute approximate surface area is 125 Å². The maximum absolute atomic E-state index is 12.5. The van der Waals surface area contributed by atoms with Crippen LogP contribution in [-0.2, 0) is 16.5 Å². The van der Waals surface area contributed by atoms with E-state index in [4.69, 9.17) is 4.74 Å². The Hall–Kier alpha value is -1.48. The molecule has 1 unspecified atom stereocenters. The summed E-state index contributed by atoms with van der Waals surface area (Å²) in [5, 5.41) is 3.30. The third-order valence-electron chi connectivity index (χ3n) is 3.51. The molecule has 1 N–H and O–H groups in total. The maximum Gasteiger partial charge on any atom is 0.534 e. The fourth-order valence-corrected chi connectivity index (χ4v) is 2.80. The molecule has 0 saturated heterocycles. The van der Waals surface area contributed by atoms with Gasteiger partial charge >= 0.3 is 15.6 Å². The van der Waals surface area contributed by atoms with Gasteiger partial charge in [0, 0.05) is 17.6 Å². The van der Waals surface area contributed by atoms with Crippen molar-refractivity contribution in [2.45, 2.75) is 36.9 Å². The molecule has 2 aliphatic rings. The van der Waals surface area contributed by atoms with E-state index >= 15 is 0 Å². The molecule has 0 spiro atoms. The molecular formula is C13H14F3NO4S. The first-order valence-electron chi connectivity index (χ1n) is 6.78. The molecule has 22 heavy (non-hydrogen) atoms. The summed E-state index contributed by atoms with van der Waals surface area (Å²) >= 11 is 0. The monoisotopic (exact) mass is 337 g/mol. The summed E-state index contributed by atoms with van der Waals surface area (Å²) in [4.78, 5) is 0. The van der Waals surface area contributed by atoms with Crippen LogP contribution in [0, 0.1) is 0 Å². The molecule has 9 heteroatoms. The van der Waals surface area contributed by atoms with Gasteiger partial charge in [-0.1, -0.05) is 6.07 Å². The zero-order valence-corrected chi connectivity index (χ0v) is 12.2. The largest absolute Gasteiger partial charge is 0.534 e. The van der Waals surface area contributed by atoms with Crippen molar-refractivity contribution in [3.05, 3.63) is 23.8 Å². The van der Waals surface area contributed by atoms with Crippen LogP contribution in [0.4, 0.5) is 13.2 Å². The molecule has 1 saturated carbocycles. The van der Waals surface area contributed by atoms with Gasteiger partial charge in [-0.2, -0.15) is 21.6 Å². The molecule has 0 amide bonds. The second-order valence-electron chi connectivity index (χ2n) is 5.37. The van der Waals surface area contributed by atoms with Gasteiger partial charge in [0.15, 0.2) is 0 Å². The molecule has 1 fully saturated rings. The first kappa shape index (κ1) is 15.4. The first-order valence-corrected chi connectivity index (χ1v) is 8.18. The highest BCUT2D eigenvalue weighted by Crippen LogP contribution is 2.36. The highest BCUT2D eigenvalue weighted by Gasteiger charge is 2.49. The molecule has 0 bridgehead atoms. The summed E-state index contributed by atoms with van der Waals surface area (Å²) in [6.07, 6.45) is 2.48. The van der Waals surface area contributed by atoms with E-state index in [2.05, 4.69) is 9.50 Å². The molecular weight excluding hydrogens is 323 g/mol. The van der Waals surface area contributed by atoms with Crippen molar-refractivity contribution in [3.8, 4) is 11.5 Å². The number of alkyl halides is 3. The van der Waals surface area contributed by atoms with Gasteiger partial charge in [0.25, 0.3) is 0 Å². The van der Waals surface area contributed by atoms with Crippen molar-refractivity contribution in [1.29, 1.82) is 0 Å². The average Bonchev–Trinajstić information content (AvgIpc) is 3.22. The molecule has 0 aromatic heterocycles. The maximum atomic E-state index is 12.5. The van der Waals surface area contributed by atoms with Crippen LogP contribution < -0.4 is 14.2 Å². The van der Waals surface area contributed by atoms with E-state index in [9.17, 15) is 21.6 Å².